The van der Waals surface area contributed by atoms with Gasteiger partial charge in [0.05, 0.1) is 0 Å². The third kappa shape index (κ3) is 4.85. The predicted molar refractivity (Wildman–Crippen MR) is 85.6 cm³/mol. The zero-order chi connectivity index (χ0) is 12.8. The Balaban J connectivity index is 2.82. The Morgan fingerprint density at radius 3 is 2.76 bits per heavy atom. The van der Waals surface area contributed by atoms with E-state index in [-0.39, 0.29) is 6.04 Å². The number of benzene rings is 1. The first kappa shape index (κ1) is 15.4. The van der Waals surface area contributed by atoms with Crippen molar-refractivity contribution in [3.63, 3.8) is 0 Å². The molecule has 0 saturated heterocycles. The summed E-state index contributed by atoms with van der Waals surface area (Å²) in [6, 6.07) is 6.58. The van der Waals surface area contributed by atoms with E-state index in [0.717, 1.165) is 10.9 Å². The minimum Gasteiger partial charge on any atom is -0.271 e. The molecule has 1 rings (SSSR count). The standard InChI is InChI=1S/C13H20BrIN2/c1-3-4-9(2)7-13(17-16)11-8-10(14)5-6-12(11)15/h5-6,8-9,13,17H,3-4,7,16H2,1-2H3. The summed E-state index contributed by atoms with van der Waals surface area (Å²) < 4.78 is 2.37. The van der Waals surface area contributed by atoms with Gasteiger partial charge in [-0.3, -0.25) is 11.3 Å². The van der Waals surface area contributed by atoms with E-state index in [1.807, 2.05) is 0 Å². The summed E-state index contributed by atoms with van der Waals surface area (Å²) in [4.78, 5) is 0. The molecule has 0 heterocycles. The van der Waals surface area contributed by atoms with Crippen LogP contribution in [0.3, 0.4) is 0 Å². The van der Waals surface area contributed by atoms with Crippen LogP contribution in [0.4, 0.5) is 0 Å². The number of hydrogen-bond donors (Lipinski definition) is 2. The van der Waals surface area contributed by atoms with E-state index in [1.54, 1.807) is 0 Å². The SMILES string of the molecule is CCCC(C)CC(NN)c1cc(Br)ccc1I. The van der Waals surface area contributed by atoms with E-state index in [1.165, 1.54) is 22.0 Å². The van der Waals surface area contributed by atoms with E-state index in [9.17, 15) is 0 Å². The third-order valence-electron chi connectivity index (χ3n) is 2.95. The fraction of sp³-hybridized carbons (Fsp3) is 0.538. The molecule has 1 aromatic carbocycles. The average Bonchev–Trinajstić information content (AvgIpc) is 2.30. The number of rotatable bonds is 6. The van der Waals surface area contributed by atoms with Crippen LogP contribution in [-0.2, 0) is 0 Å². The van der Waals surface area contributed by atoms with Crippen molar-refractivity contribution in [1.29, 1.82) is 0 Å². The van der Waals surface area contributed by atoms with Gasteiger partial charge in [0.1, 0.15) is 0 Å². The van der Waals surface area contributed by atoms with Crippen molar-refractivity contribution in [2.45, 2.75) is 39.2 Å². The first-order chi connectivity index (χ1) is 8.08. The number of hydrazine groups is 1. The van der Waals surface area contributed by atoms with Gasteiger partial charge >= 0.3 is 0 Å². The Morgan fingerprint density at radius 1 is 1.47 bits per heavy atom. The summed E-state index contributed by atoms with van der Waals surface area (Å²) in [6.07, 6.45) is 3.56. The highest BCUT2D eigenvalue weighted by Gasteiger charge is 2.16. The molecule has 0 aliphatic heterocycles. The Morgan fingerprint density at radius 2 is 2.18 bits per heavy atom. The molecular weight excluding hydrogens is 391 g/mol. The van der Waals surface area contributed by atoms with Crippen LogP contribution in [0, 0.1) is 9.49 Å². The molecule has 0 aliphatic rings. The van der Waals surface area contributed by atoms with Gasteiger partial charge in [0.25, 0.3) is 0 Å². The molecule has 0 aliphatic carbocycles. The van der Waals surface area contributed by atoms with Crippen molar-refractivity contribution in [1.82, 2.24) is 5.43 Å². The maximum Gasteiger partial charge on any atom is 0.0473 e. The molecule has 0 spiro atoms. The van der Waals surface area contributed by atoms with Crippen molar-refractivity contribution in [2.24, 2.45) is 11.8 Å². The lowest BCUT2D eigenvalue weighted by atomic mass is 9.93. The van der Waals surface area contributed by atoms with Crippen molar-refractivity contribution in [3.8, 4) is 0 Å². The normalized spacial score (nSPS) is 14.6. The number of nitrogens with one attached hydrogen (secondary N) is 1. The lowest BCUT2D eigenvalue weighted by Crippen LogP contribution is -2.30. The average molecular weight is 411 g/mol. The molecule has 0 radical (unpaired) electrons. The monoisotopic (exact) mass is 410 g/mol. The highest BCUT2D eigenvalue weighted by atomic mass is 127. The first-order valence-corrected chi connectivity index (χ1v) is 7.86. The largest absolute Gasteiger partial charge is 0.271 e. The Labute approximate surface area is 126 Å². The zero-order valence-electron chi connectivity index (χ0n) is 10.3. The molecule has 17 heavy (non-hydrogen) atoms. The lowest BCUT2D eigenvalue weighted by molar-refractivity contribution is 0.393. The van der Waals surface area contributed by atoms with Gasteiger partial charge in [-0.1, -0.05) is 42.6 Å². The zero-order valence-corrected chi connectivity index (χ0v) is 14.1. The third-order valence-corrected chi connectivity index (χ3v) is 4.43. The van der Waals surface area contributed by atoms with Gasteiger partial charge in [-0.25, -0.2) is 0 Å². The molecule has 0 amide bonds. The minimum absolute atomic E-state index is 0.237. The van der Waals surface area contributed by atoms with Crippen LogP contribution < -0.4 is 11.3 Å². The highest BCUT2D eigenvalue weighted by Crippen LogP contribution is 2.29. The Kier molecular flexibility index (Phi) is 6.99. The van der Waals surface area contributed by atoms with E-state index in [0.29, 0.717) is 5.92 Å². The van der Waals surface area contributed by atoms with Gasteiger partial charge in [-0.05, 0) is 58.7 Å². The van der Waals surface area contributed by atoms with Crippen molar-refractivity contribution in [2.75, 3.05) is 0 Å². The second-order valence-corrected chi connectivity index (χ2v) is 6.59. The van der Waals surface area contributed by atoms with Crippen molar-refractivity contribution >= 4 is 38.5 Å². The highest BCUT2D eigenvalue weighted by molar-refractivity contribution is 14.1. The summed E-state index contributed by atoms with van der Waals surface area (Å²) in [5, 5.41) is 0. The molecule has 2 nitrogen and oxygen atoms in total. The molecule has 0 fully saturated rings. The fourth-order valence-corrected chi connectivity index (χ4v) is 3.17. The van der Waals surface area contributed by atoms with Crippen LogP contribution in [0.15, 0.2) is 22.7 Å². The van der Waals surface area contributed by atoms with Gasteiger partial charge in [0.2, 0.25) is 0 Å². The molecule has 96 valence electrons. The molecule has 2 atom stereocenters. The fourth-order valence-electron chi connectivity index (χ4n) is 2.08. The summed E-state index contributed by atoms with van der Waals surface area (Å²) >= 11 is 5.89. The second kappa shape index (κ2) is 7.71. The van der Waals surface area contributed by atoms with Gasteiger partial charge in [0.15, 0.2) is 0 Å². The first-order valence-electron chi connectivity index (χ1n) is 5.99. The molecular formula is C13H20BrIN2. The maximum absolute atomic E-state index is 5.70. The van der Waals surface area contributed by atoms with Crippen LogP contribution >= 0.6 is 38.5 Å². The van der Waals surface area contributed by atoms with Crippen LogP contribution in [-0.4, -0.2) is 0 Å². The maximum atomic E-state index is 5.70. The van der Waals surface area contributed by atoms with E-state index < -0.39 is 0 Å². The van der Waals surface area contributed by atoms with E-state index >= 15 is 0 Å². The van der Waals surface area contributed by atoms with E-state index in [4.69, 9.17) is 5.84 Å². The summed E-state index contributed by atoms with van der Waals surface area (Å²) in [7, 11) is 0. The van der Waals surface area contributed by atoms with Crippen molar-refractivity contribution in [3.05, 3.63) is 31.8 Å². The summed E-state index contributed by atoms with van der Waals surface area (Å²) in [6.45, 7) is 4.52. The molecule has 0 bridgehead atoms. The Bertz CT molecular complexity index is 357. The summed E-state index contributed by atoms with van der Waals surface area (Å²) in [5.41, 5.74) is 4.23. The number of nitrogens with two attached hydrogens (primary N) is 1. The summed E-state index contributed by atoms with van der Waals surface area (Å²) in [5.74, 6) is 6.39. The van der Waals surface area contributed by atoms with Gasteiger partial charge in [-0.2, -0.15) is 0 Å². The molecule has 0 saturated carbocycles. The quantitative estimate of drug-likeness (QED) is 0.414. The van der Waals surface area contributed by atoms with Crippen LogP contribution in [0.25, 0.3) is 0 Å². The topological polar surface area (TPSA) is 38.0 Å². The molecule has 1 aromatic rings. The van der Waals surface area contributed by atoms with Gasteiger partial charge in [0, 0.05) is 14.1 Å². The molecule has 3 N–H and O–H groups in total. The molecule has 0 aromatic heterocycles. The molecule has 2 unspecified atom stereocenters. The van der Waals surface area contributed by atoms with Crippen LogP contribution in [0.5, 0.6) is 0 Å². The van der Waals surface area contributed by atoms with Crippen LogP contribution in [0.2, 0.25) is 0 Å². The van der Waals surface area contributed by atoms with Gasteiger partial charge < -0.3 is 0 Å². The number of halogens is 2. The second-order valence-electron chi connectivity index (χ2n) is 4.51. The molecule has 4 heteroatoms. The van der Waals surface area contributed by atoms with E-state index in [2.05, 4.69) is 76.0 Å². The number of hydrogen-bond acceptors (Lipinski definition) is 2. The van der Waals surface area contributed by atoms with Crippen LogP contribution in [0.1, 0.15) is 44.7 Å². The Hall–Kier alpha value is 0.350. The predicted octanol–water partition coefficient (Wildman–Crippen LogP) is 4.38. The van der Waals surface area contributed by atoms with Gasteiger partial charge in [-0.15, -0.1) is 0 Å². The minimum atomic E-state index is 0.237. The lowest BCUT2D eigenvalue weighted by Gasteiger charge is -2.21. The van der Waals surface area contributed by atoms with Crippen molar-refractivity contribution < 1.29 is 0 Å². The smallest absolute Gasteiger partial charge is 0.0473 e.